The van der Waals surface area contributed by atoms with Crippen LogP contribution in [0.3, 0.4) is 0 Å². The Morgan fingerprint density at radius 3 is 2.83 bits per heavy atom. The molecule has 1 aromatic carbocycles. The number of aromatic nitrogens is 3. The second-order valence-corrected chi connectivity index (χ2v) is 6.53. The van der Waals surface area contributed by atoms with Crippen molar-refractivity contribution >= 4 is 17.5 Å². The van der Waals surface area contributed by atoms with Crippen molar-refractivity contribution in [3.05, 3.63) is 40.7 Å². The number of halogens is 1. The molecular formula is C17H21ClN4O. The molecule has 6 heteroatoms. The van der Waals surface area contributed by atoms with Crippen LogP contribution in [0.4, 0.5) is 0 Å². The first-order chi connectivity index (χ1) is 11.1. The van der Waals surface area contributed by atoms with Gasteiger partial charge >= 0.3 is 0 Å². The van der Waals surface area contributed by atoms with Crippen molar-refractivity contribution in [2.45, 2.75) is 33.1 Å². The lowest BCUT2D eigenvalue weighted by Crippen LogP contribution is -2.34. The minimum Gasteiger partial charge on any atom is -0.337 e. The van der Waals surface area contributed by atoms with Crippen LogP contribution in [-0.2, 0) is 0 Å². The summed E-state index contributed by atoms with van der Waals surface area (Å²) in [7, 11) is 0. The zero-order valence-corrected chi connectivity index (χ0v) is 14.3. The topological polar surface area (TPSA) is 51.0 Å². The molecule has 1 heterocycles. The highest BCUT2D eigenvalue weighted by Gasteiger charge is 2.29. The van der Waals surface area contributed by atoms with E-state index in [1.54, 1.807) is 12.1 Å². The third-order valence-corrected chi connectivity index (χ3v) is 4.22. The molecule has 0 unspecified atom stereocenters. The number of carbonyl (C=O) groups excluding carboxylic acids is 1. The largest absolute Gasteiger partial charge is 0.337 e. The maximum Gasteiger partial charge on any atom is 0.276 e. The minimum absolute atomic E-state index is 0.0236. The van der Waals surface area contributed by atoms with Gasteiger partial charge in [0.25, 0.3) is 5.91 Å². The summed E-state index contributed by atoms with van der Waals surface area (Å²) < 4.78 is 0. The van der Waals surface area contributed by atoms with E-state index in [1.807, 2.05) is 24.0 Å². The summed E-state index contributed by atoms with van der Waals surface area (Å²) in [6, 6.07) is 7.29. The molecule has 0 aliphatic heterocycles. The molecular weight excluding hydrogens is 312 g/mol. The molecule has 0 radical (unpaired) electrons. The van der Waals surface area contributed by atoms with Crippen LogP contribution in [0, 0.1) is 12.8 Å². The average molecular weight is 333 g/mol. The van der Waals surface area contributed by atoms with Crippen LogP contribution in [0.2, 0.25) is 5.02 Å². The third-order valence-electron chi connectivity index (χ3n) is 3.98. The Hall–Kier alpha value is -1.88. The highest BCUT2D eigenvalue weighted by molar-refractivity contribution is 6.30. The van der Waals surface area contributed by atoms with E-state index in [0.717, 1.165) is 25.2 Å². The van der Waals surface area contributed by atoms with Crippen LogP contribution in [0.15, 0.2) is 24.3 Å². The normalized spacial score (nSPS) is 14.0. The number of hydrogen-bond donors (Lipinski definition) is 0. The van der Waals surface area contributed by atoms with Crippen LogP contribution >= 0.6 is 11.6 Å². The van der Waals surface area contributed by atoms with Crippen LogP contribution in [-0.4, -0.2) is 38.9 Å². The fourth-order valence-corrected chi connectivity index (χ4v) is 2.78. The van der Waals surface area contributed by atoms with E-state index < -0.39 is 0 Å². The molecule has 0 bridgehead atoms. The van der Waals surface area contributed by atoms with Gasteiger partial charge in [-0.05, 0) is 50.3 Å². The maximum atomic E-state index is 12.8. The van der Waals surface area contributed by atoms with Crippen LogP contribution in [0.5, 0.6) is 0 Å². The molecule has 1 saturated carbocycles. The SMILES string of the molecule is CCCN(CC1CC1)C(=O)c1nn(-c2cccc(Cl)c2)nc1C. The first kappa shape index (κ1) is 16.0. The smallest absolute Gasteiger partial charge is 0.276 e. The van der Waals surface area contributed by atoms with E-state index in [4.69, 9.17) is 11.6 Å². The molecule has 0 atom stereocenters. The minimum atomic E-state index is -0.0236. The lowest BCUT2D eigenvalue weighted by atomic mass is 10.2. The van der Waals surface area contributed by atoms with E-state index in [-0.39, 0.29) is 5.91 Å². The molecule has 1 aromatic heterocycles. The van der Waals surface area contributed by atoms with Crippen molar-refractivity contribution in [1.82, 2.24) is 19.9 Å². The van der Waals surface area contributed by atoms with Crippen LogP contribution in [0.25, 0.3) is 5.69 Å². The lowest BCUT2D eigenvalue weighted by molar-refractivity contribution is 0.0740. The number of hydrogen-bond acceptors (Lipinski definition) is 3. The van der Waals surface area contributed by atoms with E-state index in [1.165, 1.54) is 17.6 Å². The number of rotatable bonds is 6. The number of nitrogens with zero attached hydrogens (tertiary/aromatic N) is 4. The van der Waals surface area contributed by atoms with E-state index >= 15 is 0 Å². The molecule has 23 heavy (non-hydrogen) atoms. The van der Waals surface area contributed by atoms with Gasteiger partial charge in [0.05, 0.1) is 11.4 Å². The molecule has 0 spiro atoms. The highest BCUT2D eigenvalue weighted by atomic mass is 35.5. The molecule has 3 rings (SSSR count). The van der Waals surface area contributed by atoms with E-state index in [2.05, 4.69) is 17.1 Å². The third kappa shape index (κ3) is 3.72. The second-order valence-electron chi connectivity index (χ2n) is 6.10. The van der Waals surface area contributed by atoms with Crippen molar-refractivity contribution in [3.8, 4) is 5.69 Å². The number of aryl methyl sites for hydroxylation is 1. The van der Waals surface area contributed by atoms with Crippen molar-refractivity contribution in [3.63, 3.8) is 0 Å². The zero-order chi connectivity index (χ0) is 16.4. The van der Waals surface area contributed by atoms with E-state index in [9.17, 15) is 4.79 Å². The maximum absolute atomic E-state index is 12.8. The van der Waals surface area contributed by atoms with Crippen LogP contribution in [0.1, 0.15) is 42.4 Å². The van der Waals surface area contributed by atoms with Gasteiger partial charge in [-0.2, -0.15) is 9.90 Å². The Balaban J connectivity index is 1.85. The number of carbonyl (C=O) groups is 1. The molecule has 5 nitrogen and oxygen atoms in total. The van der Waals surface area contributed by atoms with Gasteiger partial charge in [0.2, 0.25) is 0 Å². The van der Waals surface area contributed by atoms with Crippen molar-refractivity contribution in [2.24, 2.45) is 5.92 Å². The quantitative estimate of drug-likeness (QED) is 0.813. The Labute approximate surface area is 141 Å². The van der Waals surface area contributed by atoms with Gasteiger partial charge < -0.3 is 4.90 Å². The first-order valence-corrected chi connectivity index (χ1v) is 8.45. The molecule has 1 aliphatic carbocycles. The molecule has 1 amide bonds. The van der Waals surface area contributed by atoms with Crippen molar-refractivity contribution in [2.75, 3.05) is 13.1 Å². The molecule has 1 aliphatic rings. The summed E-state index contributed by atoms with van der Waals surface area (Å²) in [6.45, 7) is 5.50. The molecule has 2 aromatic rings. The summed E-state index contributed by atoms with van der Waals surface area (Å²) >= 11 is 6.02. The van der Waals surface area contributed by atoms with Crippen LogP contribution < -0.4 is 0 Å². The van der Waals surface area contributed by atoms with Crippen molar-refractivity contribution in [1.29, 1.82) is 0 Å². The van der Waals surface area contributed by atoms with E-state index in [0.29, 0.717) is 22.3 Å². The van der Waals surface area contributed by atoms with Gasteiger partial charge in [-0.1, -0.05) is 24.6 Å². The highest BCUT2D eigenvalue weighted by Crippen LogP contribution is 2.30. The molecule has 1 fully saturated rings. The molecule has 122 valence electrons. The molecule has 0 N–H and O–H groups in total. The predicted molar refractivity (Wildman–Crippen MR) is 90.0 cm³/mol. The zero-order valence-electron chi connectivity index (χ0n) is 13.5. The number of benzene rings is 1. The Kier molecular flexibility index (Phi) is 4.66. The summed E-state index contributed by atoms with van der Waals surface area (Å²) in [5, 5.41) is 9.40. The predicted octanol–water partition coefficient (Wildman–Crippen LogP) is 3.49. The molecule has 0 saturated heterocycles. The monoisotopic (exact) mass is 332 g/mol. The van der Waals surface area contributed by atoms with Crippen molar-refractivity contribution < 1.29 is 4.79 Å². The Morgan fingerprint density at radius 2 is 2.17 bits per heavy atom. The first-order valence-electron chi connectivity index (χ1n) is 8.07. The summed E-state index contributed by atoms with van der Waals surface area (Å²) in [6.07, 6.45) is 3.39. The number of amides is 1. The fraction of sp³-hybridized carbons (Fsp3) is 0.471. The lowest BCUT2D eigenvalue weighted by Gasteiger charge is -2.20. The van der Waals surface area contributed by atoms with Gasteiger partial charge in [-0.15, -0.1) is 5.10 Å². The summed E-state index contributed by atoms with van der Waals surface area (Å²) in [5.41, 5.74) is 1.83. The summed E-state index contributed by atoms with van der Waals surface area (Å²) in [4.78, 5) is 16.2. The average Bonchev–Trinajstić information content (AvgIpc) is 3.26. The van der Waals surface area contributed by atoms with Gasteiger partial charge in [-0.3, -0.25) is 4.79 Å². The standard InChI is InChI=1S/C17H21ClN4O/c1-3-9-21(11-13-7-8-13)17(23)16-12(2)19-22(20-16)15-6-4-5-14(18)10-15/h4-6,10,13H,3,7-9,11H2,1-2H3. The second kappa shape index (κ2) is 6.71. The van der Waals surface area contributed by atoms with Gasteiger partial charge in [0.15, 0.2) is 5.69 Å². The summed E-state index contributed by atoms with van der Waals surface area (Å²) in [5.74, 6) is 0.637. The fourth-order valence-electron chi connectivity index (χ4n) is 2.60. The Morgan fingerprint density at radius 1 is 1.39 bits per heavy atom. The van der Waals surface area contributed by atoms with Gasteiger partial charge in [0, 0.05) is 18.1 Å². The van der Waals surface area contributed by atoms with Gasteiger partial charge in [-0.25, -0.2) is 0 Å². The Bertz CT molecular complexity index is 708. The van der Waals surface area contributed by atoms with Gasteiger partial charge in [0.1, 0.15) is 0 Å².